The first-order chi connectivity index (χ1) is 12.2. The molecule has 3 atom stereocenters. The van der Waals surface area contributed by atoms with Gasteiger partial charge in [0.2, 0.25) is 0 Å². The van der Waals surface area contributed by atoms with Crippen molar-refractivity contribution < 1.29 is 24.2 Å². The second kappa shape index (κ2) is 8.54. The van der Waals surface area contributed by atoms with Gasteiger partial charge < -0.3 is 19.5 Å². The van der Waals surface area contributed by atoms with Crippen molar-refractivity contribution in [3.8, 4) is 0 Å². The largest absolute Gasteiger partial charge is 0.461 e. The van der Waals surface area contributed by atoms with Crippen LogP contribution in [0.2, 0.25) is 0 Å². The summed E-state index contributed by atoms with van der Waals surface area (Å²) in [5.74, 6) is -1.20. The molecule has 0 spiro atoms. The highest BCUT2D eigenvalue weighted by molar-refractivity contribution is 5.73. The van der Waals surface area contributed by atoms with Crippen LogP contribution in [0.1, 0.15) is 46.1 Å². The highest BCUT2D eigenvalue weighted by Gasteiger charge is 2.40. The van der Waals surface area contributed by atoms with E-state index in [1.807, 2.05) is 30.3 Å². The summed E-state index contributed by atoms with van der Waals surface area (Å²) in [6.45, 7) is 7.71. The summed E-state index contributed by atoms with van der Waals surface area (Å²) in [6.07, 6.45) is -0.0408. The number of hydrogen-bond acceptors (Lipinski definition) is 5. The third-order valence-corrected chi connectivity index (χ3v) is 4.43. The second-order valence-corrected chi connectivity index (χ2v) is 7.76. The third kappa shape index (κ3) is 5.46. The van der Waals surface area contributed by atoms with Crippen molar-refractivity contribution in [3.63, 3.8) is 0 Å². The monoisotopic (exact) mass is 363 g/mol. The maximum Gasteiger partial charge on any atom is 0.410 e. The number of likely N-dealkylation sites (tertiary alicyclic amines) is 1. The van der Waals surface area contributed by atoms with Crippen LogP contribution in [0.4, 0.5) is 4.79 Å². The Morgan fingerprint density at radius 2 is 1.92 bits per heavy atom. The van der Waals surface area contributed by atoms with Gasteiger partial charge >= 0.3 is 12.1 Å². The van der Waals surface area contributed by atoms with Crippen LogP contribution in [0, 0.1) is 5.92 Å². The van der Waals surface area contributed by atoms with Crippen LogP contribution in [-0.2, 0) is 20.9 Å². The number of amides is 1. The lowest BCUT2D eigenvalue weighted by atomic mass is 9.96. The standard InChI is InChI=1S/C20H29NO5/c1-14(18(23)25-13-15-9-6-5-7-10-15)17(22)16-11-8-12-21(16)19(24)26-20(2,3)4/h5-7,9-10,14,16-17,22H,8,11-13H2,1-4H3. The number of rotatable bonds is 5. The summed E-state index contributed by atoms with van der Waals surface area (Å²) in [6, 6.07) is 8.94. The van der Waals surface area contributed by atoms with E-state index < -0.39 is 35.7 Å². The molecule has 3 unspecified atom stereocenters. The van der Waals surface area contributed by atoms with Crippen molar-refractivity contribution in [2.24, 2.45) is 5.92 Å². The number of aliphatic hydroxyl groups excluding tert-OH is 1. The molecule has 0 radical (unpaired) electrons. The Labute approximate surface area is 155 Å². The van der Waals surface area contributed by atoms with Crippen LogP contribution in [0.25, 0.3) is 0 Å². The van der Waals surface area contributed by atoms with Gasteiger partial charge in [-0.1, -0.05) is 30.3 Å². The van der Waals surface area contributed by atoms with E-state index in [0.29, 0.717) is 13.0 Å². The normalized spacial score (nSPS) is 19.7. The van der Waals surface area contributed by atoms with Gasteiger partial charge in [0.05, 0.1) is 18.1 Å². The molecule has 6 nitrogen and oxygen atoms in total. The first-order valence-electron chi connectivity index (χ1n) is 9.07. The molecule has 1 amide bonds. The van der Waals surface area contributed by atoms with E-state index in [2.05, 4.69) is 0 Å². The fourth-order valence-electron chi connectivity index (χ4n) is 3.03. The van der Waals surface area contributed by atoms with Gasteiger partial charge in [0.15, 0.2) is 0 Å². The van der Waals surface area contributed by atoms with E-state index in [1.54, 1.807) is 27.7 Å². The quantitative estimate of drug-likeness (QED) is 0.814. The summed E-state index contributed by atoms with van der Waals surface area (Å²) in [5, 5.41) is 10.7. The predicted octanol–water partition coefficient (Wildman–Crippen LogP) is 3.13. The highest BCUT2D eigenvalue weighted by atomic mass is 16.6. The zero-order chi connectivity index (χ0) is 19.3. The van der Waals surface area contributed by atoms with E-state index in [-0.39, 0.29) is 6.61 Å². The number of carbonyl (C=O) groups is 2. The fraction of sp³-hybridized carbons (Fsp3) is 0.600. The molecule has 0 saturated carbocycles. The third-order valence-electron chi connectivity index (χ3n) is 4.43. The number of aliphatic hydroxyl groups is 1. The number of esters is 1. The van der Waals surface area contributed by atoms with Crippen molar-refractivity contribution in [3.05, 3.63) is 35.9 Å². The van der Waals surface area contributed by atoms with Gasteiger partial charge in [0, 0.05) is 6.54 Å². The van der Waals surface area contributed by atoms with Crippen LogP contribution >= 0.6 is 0 Å². The summed E-state index contributed by atoms with van der Waals surface area (Å²) >= 11 is 0. The number of hydrogen-bond donors (Lipinski definition) is 1. The lowest BCUT2D eigenvalue weighted by molar-refractivity contribution is -0.154. The average molecular weight is 363 g/mol. The molecule has 1 aromatic carbocycles. The average Bonchev–Trinajstić information content (AvgIpc) is 3.07. The van der Waals surface area contributed by atoms with Crippen LogP contribution in [0.3, 0.4) is 0 Å². The molecule has 1 fully saturated rings. The van der Waals surface area contributed by atoms with E-state index in [1.165, 1.54) is 4.90 Å². The van der Waals surface area contributed by atoms with Gasteiger partial charge in [0.25, 0.3) is 0 Å². The van der Waals surface area contributed by atoms with Crippen LogP contribution in [-0.4, -0.2) is 46.4 Å². The molecule has 0 aliphatic carbocycles. The second-order valence-electron chi connectivity index (χ2n) is 7.76. The fourth-order valence-corrected chi connectivity index (χ4v) is 3.03. The Hall–Kier alpha value is -2.08. The Balaban J connectivity index is 1.94. The molecular formula is C20H29NO5. The van der Waals surface area contributed by atoms with Crippen LogP contribution in [0.5, 0.6) is 0 Å². The van der Waals surface area contributed by atoms with Crippen molar-refractivity contribution >= 4 is 12.1 Å². The van der Waals surface area contributed by atoms with Gasteiger partial charge in [-0.25, -0.2) is 4.79 Å². The molecule has 144 valence electrons. The molecule has 1 aromatic rings. The zero-order valence-corrected chi connectivity index (χ0v) is 16.0. The molecule has 1 aliphatic rings. The lowest BCUT2D eigenvalue weighted by Gasteiger charge is -2.32. The highest BCUT2D eigenvalue weighted by Crippen LogP contribution is 2.26. The SMILES string of the molecule is CC(C(=O)OCc1ccccc1)C(O)C1CCCN1C(=O)OC(C)(C)C. The number of ether oxygens (including phenoxy) is 2. The van der Waals surface area contributed by atoms with Crippen molar-refractivity contribution in [1.29, 1.82) is 0 Å². The van der Waals surface area contributed by atoms with Crippen molar-refractivity contribution in [2.45, 2.75) is 64.9 Å². The molecule has 1 N–H and O–H groups in total. The minimum absolute atomic E-state index is 0.164. The minimum atomic E-state index is -0.992. The van der Waals surface area contributed by atoms with Crippen molar-refractivity contribution in [2.75, 3.05) is 6.54 Å². The van der Waals surface area contributed by atoms with Gasteiger partial charge in [-0.3, -0.25) is 4.79 Å². The van der Waals surface area contributed by atoms with E-state index in [4.69, 9.17) is 9.47 Å². The molecule has 2 rings (SSSR count). The zero-order valence-electron chi connectivity index (χ0n) is 16.0. The number of benzene rings is 1. The molecular weight excluding hydrogens is 334 g/mol. The summed E-state index contributed by atoms with van der Waals surface area (Å²) in [5.41, 5.74) is 0.286. The lowest BCUT2D eigenvalue weighted by Crippen LogP contribution is -2.48. The molecule has 26 heavy (non-hydrogen) atoms. The first-order valence-corrected chi connectivity index (χ1v) is 9.07. The van der Waals surface area contributed by atoms with E-state index >= 15 is 0 Å². The minimum Gasteiger partial charge on any atom is -0.461 e. The predicted molar refractivity (Wildman–Crippen MR) is 97.4 cm³/mol. The molecule has 1 saturated heterocycles. The maximum atomic E-state index is 12.4. The number of nitrogens with zero attached hydrogens (tertiary/aromatic N) is 1. The maximum absolute atomic E-state index is 12.4. The van der Waals surface area contributed by atoms with Gasteiger partial charge in [-0.15, -0.1) is 0 Å². The summed E-state index contributed by atoms with van der Waals surface area (Å²) in [4.78, 5) is 26.2. The van der Waals surface area contributed by atoms with Gasteiger partial charge in [-0.2, -0.15) is 0 Å². The van der Waals surface area contributed by atoms with E-state index in [0.717, 1.165) is 12.0 Å². The molecule has 1 aliphatic heterocycles. The van der Waals surface area contributed by atoms with Crippen molar-refractivity contribution in [1.82, 2.24) is 4.90 Å². The molecule has 6 heteroatoms. The molecule has 0 bridgehead atoms. The smallest absolute Gasteiger partial charge is 0.410 e. The Bertz CT molecular complexity index is 610. The summed E-state index contributed by atoms with van der Waals surface area (Å²) in [7, 11) is 0. The van der Waals surface area contributed by atoms with Crippen LogP contribution < -0.4 is 0 Å². The van der Waals surface area contributed by atoms with E-state index in [9.17, 15) is 14.7 Å². The van der Waals surface area contributed by atoms with Gasteiger partial charge in [0.1, 0.15) is 12.2 Å². The Morgan fingerprint density at radius 3 is 2.54 bits per heavy atom. The molecule has 1 heterocycles. The van der Waals surface area contributed by atoms with Crippen LogP contribution in [0.15, 0.2) is 30.3 Å². The molecule has 0 aromatic heterocycles. The topological polar surface area (TPSA) is 76.1 Å². The van der Waals surface area contributed by atoms with Gasteiger partial charge in [-0.05, 0) is 46.1 Å². The summed E-state index contributed by atoms with van der Waals surface area (Å²) < 4.78 is 10.7. The Morgan fingerprint density at radius 1 is 1.27 bits per heavy atom. The Kier molecular flexibility index (Phi) is 6.64. The first kappa shape index (κ1) is 20.2. The number of carbonyl (C=O) groups excluding carboxylic acids is 2.